The zero-order chi connectivity index (χ0) is 15.8. The van der Waals surface area contributed by atoms with Gasteiger partial charge in [-0.2, -0.15) is 0 Å². The second kappa shape index (κ2) is 8.25. The Hall–Kier alpha value is -2.09. The summed E-state index contributed by atoms with van der Waals surface area (Å²) in [7, 11) is 1.21. The Kier molecular flexibility index (Phi) is 6.67. The van der Waals surface area contributed by atoms with Crippen LogP contribution in [0.5, 0.6) is 0 Å². The van der Waals surface area contributed by atoms with E-state index in [4.69, 9.17) is 9.52 Å². The van der Waals surface area contributed by atoms with E-state index in [0.717, 1.165) is 6.08 Å². The zero-order valence-corrected chi connectivity index (χ0v) is 12.8. The number of nitrogens with one attached hydrogen (secondary N) is 1. The van der Waals surface area contributed by atoms with Crippen LogP contribution in [0.3, 0.4) is 0 Å². The molecule has 2 N–H and O–H groups in total. The highest BCUT2D eigenvalue weighted by Gasteiger charge is 2.20. The third-order valence-corrected chi connectivity index (χ3v) is 2.90. The summed E-state index contributed by atoms with van der Waals surface area (Å²) in [5.74, 6) is -1.91. The monoisotopic (exact) mass is 359 g/mol. The van der Waals surface area contributed by atoms with E-state index < -0.39 is 23.9 Å². The van der Waals surface area contributed by atoms with E-state index in [1.807, 2.05) is 0 Å². The minimum absolute atomic E-state index is 0.0477. The molecule has 1 atom stereocenters. The summed E-state index contributed by atoms with van der Waals surface area (Å²) in [6.45, 7) is 0. The Morgan fingerprint density at radius 3 is 2.71 bits per heavy atom. The van der Waals surface area contributed by atoms with Gasteiger partial charge in [0.1, 0.15) is 11.8 Å². The van der Waals surface area contributed by atoms with Gasteiger partial charge in [0.15, 0.2) is 4.67 Å². The van der Waals surface area contributed by atoms with E-state index in [9.17, 15) is 14.4 Å². The van der Waals surface area contributed by atoms with Crippen molar-refractivity contribution in [1.82, 2.24) is 5.32 Å². The maximum Gasteiger partial charge on any atom is 0.326 e. The molecule has 0 aliphatic rings. The van der Waals surface area contributed by atoms with Crippen molar-refractivity contribution >= 4 is 39.9 Å². The summed E-state index contributed by atoms with van der Waals surface area (Å²) in [5, 5.41) is 11.3. The second-order valence-electron chi connectivity index (χ2n) is 3.99. The van der Waals surface area contributed by atoms with E-state index in [1.54, 1.807) is 12.1 Å². The maximum atomic E-state index is 11.6. The Bertz CT molecular complexity index is 551. The molecule has 21 heavy (non-hydrogen) atoms. The van der Waals surface area contributed by atoms with Gasteiger partial charge in [-0.3, -0.25) is 9.59 Å². The van der Waals surface area contributed by atoms with E-state index in [-0.39, 0.29) is 12.8 Å². The maximum absolute atomic E-state index is 11.6. The first-order chi connectivity index (χ1) is 9.92. The Labute approximate surface area is 129 Å². The Morgan fingerprint density at radius 2 is 2.19 bits per heavy atom. The molecule has 114 valence electrons. The Morgan fingerprint density at radius 1 is 1.48 bits per heavy atom. The van der Waals surface area contributed by atoms with E-state index >= 15 is 0 Å². The molecule has 0 unspecified atom stereocenters. The third kappa shape index (κ3) is 6.26. The molecule has 0 spiro atoms. The molecule has 0 bridgehead atoms. The van der Waals surface area contributed by atoms with E-state index in [2.05, 4.69) is 26.0 Å². The first-order valence-electron chi connectivity index (χ1n) is 5.96. The number of hydrogen-bond donors (Lipinski definition) is 2. The fourth-order valence-corrected chi connectivity index (χ4v) is 1.74. The standard InChI is InChI=1S/C13H14BrNO6/c1-20-12(17)7-4-9(13(18)19)15-11(16)6-3-8-2-5-10(14)21-8/h2-3,5-6,9H,4,7H2,1H3,(H,15,16)(H,18,19)/b6-3+/t9-/m1/s1. The number of rotatable bonds is 7. The van der Waals surface area contributed by atoms with Crippen molar-refractivity contribution in [1.29, 1.82) is 0 Å². The molecule has 1 heterocycles. The second-order valence-corrected chi connectivity index (χ2v) is 4.77. The van der Waals surface area contributed by atoms with Crippen LogP contribution >= 0.6 is 15.9 Å². The van der Waals surface area contributed by atoms with Crippen LogP contribution in [-0.2, 0) is 19.1 Å². The first-order valence-corrected chi connectivity index (χ1v) is 6.75. The molecule has 0 saturated carbocycles. The minimum atomic E-state index is -1.22. The quantitative estimate of drug-likeness (QED) is 0.565. The van der Waals surface area contributed by atoms with Crippen LogP contribution in [0.4, 0.5) is 0 Å². The van der Waals surface area contributed by atoms with Crippen LogP contribution in [0.1, 0.15) is 18.6 Å². The molecule has 0 aliphatic carbocycles. The average Bonchev–Trinajstić information content (AvgIpc) is 2.86. The molecule has 0 aromatic carbocycles. The predicted molar refractivity (Wildman–Crippen MR) is 76.3 cm³/mol. The van der Waals surface area contributed by atoms with Gasteiger partial charge in [0.2, 0.25) is 5.91 Å². The van der Waals surface area contributed by atoms with Gasteiger partial charge in [-0.1, -0.05) is 0 Å². The molecule has 1 amide bonds. The van der Waals surface area contributed by atoms with Crippen LogP contribution in [0.2, 0.25) is 0 Å². The lowest BCUT2D eigenvalue weighted by atomic mass is 10.1. The number of carbonyl (C=O) groups is 3. The molecule has 1 rings (SSSR count). The van der Waals surface area contributed by atoms with Crippen LogP contribution in [0.15, 0.2) is 27.3 Å². The topological polar surface area (TPSA) is 106 Å². The molecule has 8 heteroatoms. The number of aliphatic carboxylic acids is 1. The van der Waals surface area contributed by atoms with Crippen molar-refractivity contribution in [2.45, 2.75) is 18.9 Å². The van der Waals surface area contributed by atoms with Gasteiger partial charge in [-0.05, 0) is 40.6 Å². The molecule has 0 aliphatic heterocycles. The normalized spacial score (nSPS) is 12.1. The van der Waals surface area contributed by atoms with Crippen molar-refractivity contribution < 1.29 is 28.6 Å². The van der Waals surface area contributed by atoms with Crippen molar-refractivity contribution in [2.75, 3.05) is 7.11 Å². The van der Waals surface area contributed by atoms with Crippen LogP contribution in [0.25, 0.3) is 6.08 Å². The molecule has 7 nitrogen and oxygen atoms in total. The van der Waals surface area contributed by atoms with Crippen LogP contribution in [-0.4, -0.2) is 36.1 Å². The van der Waals surface area contributed by atoms with Gasteiger partial charge in [0.25, 0.3) is 0 Å². The zero-order valence-electron chi connectivity index (χ0n) is 11.2. The Balaban J connectivity index is 2.54. The third-order valence-electron chi connectivity index (χ3n) is 2.47. The lowest BCUT2D eigenvalue weighted by Crippen LogP contribution is -2.40. The highest BCUT2D eigenvalue weighted by molar-refractivity contribution is 9.10. The summed E-state index contributed by atoms with van der Waals surface area (Å²) in [6.07, 6.45) is 2.41. The van der Waals surface area contributed by atoms with Crippen LogP contribution in [0, 0.1) is 0 Å². The number of hydrogen-bond acceptors (Lipinski definition) is 5. The van der Waals surface area contributed by atoms with Gasteiger partial charge in [-0.25, -0.2) is 4.79 Å². The number of carboxylic acid groups (broad SMARTS) is 1. The smallest absolute Gasteiger partial charge is 0.326 e. The number of amides is 1. The van der Waals surface area contributed by atoms with Gasteiger partial charge < -0.3 is 19.6 Å². The number of carboxylic acids is 1. The molecule has 1 aromatic rings. The molecule has 0 radical (unpaired) electrons. The molecular formula is C13H14BrNO6. The molecule has 1 aromatic heterocycles. The van der Waals surface area contributed by atoms with Crippen LogP contribution < -0.4 is 5.32 Å². The van der Waals surface area contributed by atoms with Crippen molar-refractivity contribution in [3.8, 4) is 0 Å². The van der Waals surface area contributed by atoms with E-state index in [0.29, 0.717) is 10.4 Å². The SMILES string of the molecule is COC(=O)CC[C@@H](NC(=O)/C=C/c1ccc(Br)o1)C(=O)O. The minimum Gasteiger partial charge on any atom is -0.480 e. The van der Waals surface area contributed by atoms with E-state index in [1.165, 1.54) is 13.2 Å². The summed E-state index contributed by atoms with van der Waals surface area (Å²) in [6, 6.07) is 2.14. The summed E-state index contributed by atoms with van der Waals surface area (Å²) < 4.78 is 10.1. The fraction of sp³-hybridized carbons (Fsp3) is 0.308. The summed E-state index contributed by atoms with van der Waals surface area (Å²) in [4.78, 5) is 33.6. The number of ether oxygens (including phenoxy) is 1. The molecule has 0 fully saturated rings. The summed E-state index contributed by atoms with van der Waals surface area (Å²) in [5.41, 5.74) is 0. The lowest BCUT2D eigenvalue weighted by molar-refractivity contribution is -0.143. The molecular weight excluding hydrogens is 346 g/mol. The largest absolute Gasteiger partial charge is 0.480 e. The molecule has 0 saturated heterocycles. The van der Waals surface area contributed by atoms with Crippen molar-refractivity contribution in [3.05, 3.63) is 28.6 Å². The fourth-order valence-electron chi connectivity index (χ4n) is 1.42. The average molecular weight is 360 g/mol. The summed E-state index contributed by atoms with van der Waals surface area (Å²) >= 11 is 3.12. The number of methoxy groups -OCH3 is 1. The highest BCUT2D eigenvalue weighted by Crippen LogP contribution is 2.14. The van der Waals surface area contributed by atoms with Crippen molar-refractivity contribution in [2.24, 2.45) is 0 Å². The van der Waals surface area contributed by atoms with Gasteiger partial charge >= 0.3 is 11.9 Å². The number of carbonyl (C=O) groups excluding carboxylic acids is 2. The van der Waals surface area contributed by atoms with Gasteiger partial charge in [-0.15, -0.1) is 0 Å². The predicted octanol–water partition coefficient (Wildman–Crippen LogP) is 1.58. The number of furan rings is 1. The number of esters is 1. The highest BCUT2D eigenvalue weighted by atomic mass is 79.9. The van der Waals surface area contributed by atoms with Gasteiger partial charge in [0.05, 0.1) is 7.11 Å². The van der Waals surface area contributed by atoms with Gasteiger partial charge in [0, 0.05) is 12.5 Å². The van der Waals surface area contributed by atoms with Crippen molar-refractivity contribution in [3.63, 3.8) is 0 Å². The number of halogens is 1. The first kappa shape index (κ1) is 17.0. The lowest BCUT2D eigenvalue weighted by Gasteiger charge is -2.12.